The molecule has 19 heavy (non-hydrogen) atoms. The number of hydrogen-bond donors (Lipinski definition) is 1. The van der Waals surface area contributed by atoms with Crippen molar-refractivity contribution in [3.8, 4) is 0 Å². The lowest BCUT2D eigenvalue weighted by Gasteiger charge is -2.11. The summed E-state index contributed by atoms with van der Waals surface area (Å²) in [5.74, 6) is 1.18. The van der Waals surface area contributed by atoms with Crippen molar-refractivity contribution in [1.29, 1.82) is 0 Å². The fraction of sp³-hybridized carbons (Fsp3) is 0.533. The van der Waals surface area contributed by atoms with Crippen molar-refractivity contribution in [3.05, 3.63) is 29.6 Å². The van der Waals surface area contributed by atoms with Crippen LogP contribution in [0.3, 0.4) is 0 Å². The van der Waals surface area contributed by atoms with Crippen molar-refractivity contribution in [2.75, 3.05) is 20.6 Å². The van der Waals surface area contributed by atoms with Gasteiger partial charge in [-0.2, -0.15) is 0 Å². The fourth-order valence-corrected chi connectivity index (χ4v) is 2.34. The molecule has 2 aromatic rings. The molecule has 0 aliphatic heterocycles. The van der Waals surface area contributed by atoms with Crippen molar-refractivity contribution < 1.29 is 0 Å². The molecule has 1 aromatic carbocycles. The van der Waals surface area contributed by atoms with Crippen molar-refractivity contribution >= 4 is 11.0 Å². The van der Waals surface area contributed by atoms with Crippen molar-refractivity contribution in [2.24, 2.45) is 5.73 Å². The third-order valence-corrected chi connectivity index (χ3v) is 3.36. The SMILES string of the molecule is CCCn1c(CCN(C)C)nc2cc(CN)ccc21. The minimum absolute atomic E-state index is 0.573. The molecule has 0 radical (unpaired) electrons. The van der Waals surface area contributed by atoms with Gasteiger partial charge in [-0.15, -0.1) is 0 Å². The number of aryl methyl sites for hydroxylation is 1. The zero-order valence-electron chi connectivity index (χ0n) is 12.2. The summed E-state index contributed by atoms with van der Waals surface area (Å²) in [5, 5.41) is 0. The molecule has 0 unspecified atom stereocenters. The number of benzene rings is 1. The van der Waals surface area contributed by atoms with E-state index in [1.807, 2.05) is 0 Å². The van der Waals surface area contributed by atoms with Gasteiger partial charge >= 0.3 is 0 Å². The number of likely N-dealkylation sites (N-methyl/N-ethyl adjacent to an activating group) is 1. The predicted octanol–water partition coefficient (Wildman–Crippen LogP) is 2.01. The number of nitrogens with zero attached hydrogens (tertiary/aromatic N) is 3. The Kier molecular flexibility index (Phi) is 4.56. The van der Waals surface area contributed by atoms with Crippen molar-refractivity contribution in [1.82, 2.24) is 14.5 Å². The summed E-state index contributed by atoms with van der Waals surface area (Å²) in [5.41, 5.74) is 9.15. The van der Waals surface area contributed by atoms with Gasteiger partial charge in [0.25, 0.3) is 0 Å². The van der Waals surface area contributed by atoms with Crippen LogP contribution >= 0.6 is 0 Å². The summed E-state index contributed by atoms with van der Waals surface area (Å²) >= 11 is 0. The average Bonchev–Trinajstić information content (AvgIpc) is 2.74. The Balaban J connectivity index is 2.40. The van der Waals surface area contributed by atoms with Gasteiger partial charge in [-0.1, -0.05) is 13.0 Å². The number of fused-ring (bicyclic) bond motifs is 1. The van der Waals surface area contributed by atoms with E-state index in [0.29, 0.717) is 6.54 Å². The molecule has 0 saturated carbocycles. The monoisotopic (exact) mass is 260 g/mol. The van der Waals surface area contributed by atoms with Crippen LogP contribution in [0.2, 0.25) is 0 Å². The minimum Gasteiger partial charge on any atom is -0.328 e. The highest BCUT2D eigenvalue weighted by Crippen LogP contribution is 2.19. The first kappa shape index (κ1) is 14.0. The maximum Gasteiger partial charge on any atom is 0.111 e. The van der Waals surface area contributed by atoms with Gasteiger partial charge in [-0.05, 0) is 38.2 Å². The van der Waals surface area contributed by atoms with Crippen LogP contribution in [0.15, 0.2) is 18.2 Å². The first-order chi connectivity index (χ1) is 9.15. The molecule has 2 rings (SSSR count). The van der Waals surface area contributed by atoms with E-state index in [9.17, 15) is 0 Å². The zero-order valence-corrected chi connectivity index (χ0v) is 12.2. The molecule has 2 N–H and O–H groups in total. The van der Waals surface area contributed by atoms with Crippen LogP contribution in [0.1, 0.15) is 24.7 Å². The standard InChI is InChI=1S/C15H24N4/c1-4-8-19-14-6-5-12(11-16)10-13(14)17-15(19)7-9-18(2)3/h5-6,10H,4,7-9,11,16H2,1-3H3. The molecule has 0 aliphatic rings. The van der Waals surface area contributed by atoms with Gasteiger partial charge < -0.3 is 15.2 Å². The molecule has 0 spiro atoms. The van der Waals surface area contributed by atoms with Gasteiger partial charge in [0.15, 0.2) is 0 Å². The summed E-state index contributed by atoms with van der Waals surface area (Å²) in [6.45, 7) is 4.83. The molecule has 1 aromatic heterocycles. The highest BCUT2D eigenvalue weighted by Gasteiger charge is 2.10. The third kappa shape index (κ3) is 3.14. The van der Waals surface area contributed by atoms with Crippen LogP contribution in [0.4, 0.5) is 0 Å². The number of nitrogens with two attached hydrogens (primary N) is 1. The Morgan fingerprint density at radius 1 is 1.32 bits per heavy atom. The molecule has 104 valence electrons. The van der Waals surface area contributed by atoms with E-state index in [4.69, 9.17) is 10.7 Å². The zero-order chi connectivity index (χ0) is 13.8. The Bertz CT molecular complexity index is 542. The molecule has 0 bridgehead atoms. The molecule has 0 amide bonds. The molecule has 1 heterocycles. The Labute approximate surface area is 115 Å². The van der Waals surface area contributed by atoms with E-state index in [1.54, 1.807) is 0 Å². The minimum atomic E-state index is 0.573. The van der Waals surface area contributed by atoms with E-state index in [0.717, 1.165) is 37.0 Å². The van der Waals surface area contributed by atoms with Crippen LogP contribution in [-0.2, 0) is 19.5 Å². The van der Waals surface area contributed by atoms with Crippen LogP contribution in [-0.4, -0.2) is 35.1 Å². The van der Waals surface area contributed by atoms with Gasteiger partial charge in [-0.3, -0.25) is 0 Å². The summed E-state index contributed by atoms with van der Waals surface area (Å²) in [4.78, 5) is 6.99. The lowest BCUT2D eigenvalue weighted by atomic mass is 10.2. The fourth-order valence-electron chi connectivity index (χ4n) is 2.34. The number of hydrogen-bond acceptors (Lipinski definition) is 3. The van der Waals surface area contributed by atoms with Gasteiger partial charge in [0.1, 0.15) is 5.82 Å². The first-order valence-electron chi connectivity index (χ1n) is 6.98. The second kappa shape index (κ2) is 6.17. The molecular weight excluding hydrogens is 236 g/mol. The molecule has 0 fully saturated rings. The maximum absolute atomic E-state index is 5.70. The number of aromatic nitrogens is 2. The average molecular weight is 260 g/mol. The highest BCUT2D eigenvalue weighted by molar-refractivity contribution is 5.77. The smallest absolute Gasteiger partial charge is 0.111 e. The van der Waals surface area contributed by atoms with Gasteiger partial charge in [-0.25, -0.2) is 4.98 Å². The quantitative estimate of drug-likeness (QED) is 0.864. The Morgan fingerprint density at radius 2 is 2.11 bits per heavy atom. The molecule has 0 aliphatic carbocycles. The summed E-state index contributed by atoms with van der Waals surface area (Å²) in [6.07, 6.45) is 2.11. The van der Waals surface area contributed by atoms with E-state index in [-0.39, 0.29) is 0 Å². The largest absolute Gasteiger partial charge is 0.328 e. The molecule has 0 saturated heterocycles. The van der Waals surface area contributed by atoms with E-state index in [1.165, 1.54) is 11.3 Å². The van der Waals surface area contributed by atoms with Crippen LogP contribution in [0, 0.1) is 0 Å². The maximum atomic E-state index is 5.70. The van der Waals surface area contributed by atoms with E-state index >= 15 is 0 Å². The van der Waals surface area contributed by atoms with Gasteiger partial charge in [0.05, 0.1) is 11.0 Å². The van der Waals surface area contributed by atoms with Crippen molar-refractivity contribution in [2.45, 2.75) is 32.9 Å². The summed E-state index contributed by atoms with van der Waals surface area (Å²) in [6, 6.07) is 6.37. The topological polar surface area (TPSA) is 47.1 Å². The Morgan fingerprint density at radius 3 is 2.74 bits per heavy atom. The summed E-state index contributed by atoms with van der Waals surface area (Å²) < 4.78 is 2.35. The highest BCUT2D eigenvalue weighted by atomic mass is 15.1. The van der Waals surface area contributed by atoms with E-state index in [2.05, 4.69) is 48.7 Å². The first-order valence-corrected chi connectivity index (χ1v) is 6.98. The number of imidazole rings is 1. The molecular formula is C15H24N4. The predicted molar refractivity (Wildman–Crippen MR) is 80.2 cm³/mol. The second-order valence-corrected chi connectivity index (χ2v) is 5.26. The normalized spacial score (nSPS) is 11.6. The van der Waals surface area contributed by atoms with Gasteiger partial charge in [0, 0.05) is 26.1 Å². The lowest BCUT2D eigenvalue weighted by Crippen LogP contribution is -2.17. The van der Waals surface area contributed by atoms with E-state index < -0.39 is 0 Å². The Hall–Kier alpha value is -1.39. The van der Waals surface area contributed by atoms with Crippen LogP contribution in [0.25, 0.3) is 11.0 Å². The van der Waals surface area contributed by atoms with Gasteiger partial charge in [0.2, 0.25) is 0 Å². The number of rotatable bonds is 6. The summed E-state index contributed by atoms with van der Waals surface area (Å²) in [7, 11) is 4.19. The van der Waals surface area contributed by atoms with Crippen molar-refractivity contribution in [3.63, 3.8) is 0 Å². The van der Waals surface area contributed by atoms with Crippen LogP contribution < -0.4 is 5.73 Å². The molecule has 4 heteroatoms. The molecule has 4 nitrogen and oxygen atoms in total. The third-order valence-electron chi connectivity index (χ3n) is 3.36. The lowest BCUT2D eigenvalue weighted by molar-refractivity contribution is 0.406. The van der Waals surface area contributed by atoms with Crippen LogP contribution in [0.5, 0.6) is 0 Å². The second-order valence-electron chi connectivity index (χ2n) is 5.26. The molecule has 0 atom stereocenters.